The molecule has 0 fully saturated rings. The fourth-order valence-electron chi connectivity index (χ4n) is 1.64. The Bertz CT molecular complexity index is 554. The van der Waals surface area contributed by atoms with Crippen LogP contribution in [-0.4, -0.2) is 20.7 Å². The molecule has 0 aliphatic rings. The summed E-state index contributed by atoms with van der Waals surface area (Å²) in [6.07, 6.45) is 4.37. The van der Waals surface area contributed by atoms with Gasteiger partial charge >= 0.3 is 0 Å². The molecule has 0 aliphatic heterocycles. The van der Waals surface area contributed by atoms with Crippen LogP contribution in [0.4, 0.5) is 5.69 Å². The summed E-state index contributed by atoms with van der Waals surface area (Å²) in [5.74, 6) is 0.0276. The molecule has 1 heterocycles. The first kappa shape index (κ1) is 14.0. The smallest absolute Gasteiger partial charge is 0.224 e. The number of anilines is 1. The molecule has 0 aliphatic carbocycles. The third-order valence-electron chi connectivity index (χ3n) is 2.71. The molecular weight excluding hydrogens is 355 g/mol. The van der Waals surface area contributed by atoms with E-state index in [9.17, 15) is 4.79 Å². The highest BCUT2D eigenvalue weighted by atomic mass is 127. The van der Waals surface area contributed by atoms with Crippen LogP contribution >= 0.6 is 22.6 Å². The normalized spacial score (nSPS) is 10.4. The van der Waals surface area contributed by atoms with Gasteiger partial charge in [-0.3, -0.25) is 9.48 Å². The maximum Gasteiger partial charge on any atom is 0.224 e. The molecule has 100 valence electrons. The van der Waals surface area contributed by atoms with Crippen LogP contribution in [0.5, 0.6) is 0 Å². The van der Waals surface area contributed by atoms with Gasteiger partial charge in [-0.2, -0.15) is 5.10 Å². The number of hydrogen-bond donors (Lipinski definition) is 1. The molecule has 0 saturated carbocycles. The van der Waals surface area contributed by atoms with Gasteiger partial charge in [-0.25, -0.2) is 4.98 Å². The third-order valence-corrected chi connectivity index (χ3v) is 3.88. The fourth-order valence-corrected chi connectivity index (χ4v) is 2.16. The van der Waals surface area contributed by atoms with E-state index < -0.39 is 0 Å². The third kappa shape index (κ3) is 4.30. The first-order chi connectivity index (χ1) is 9.15. The molecule has 0 atom stereocenters. The predicted octanol–water partition coefficient (Wildman–Crippen LogP) is 2.61. The fraction of sp³-hybridized carbons (Fsp3) is 0.308. The van der Waals surface area contributed by atoms with E-state index in [0.717, 1.165) is 15.7 Å². The summed E-state index contributed by atoms with van der Waals surface area (Å²) in [5.41, 5.74) is 2.06. The number of nitrogens with one attached hydrogen (secondary N) is 1. The molecule has 1 amide bonds. The molecule has 2 rings (SSSR count). The molecule has 0 bridgehead atoms. The van der Waals surface area contributed by atoms with E-state index in [2.05, 4.69) is 38.0 Å². The number of amides is 1. The van der Waals surface area contributed by atoms with E-state index in [0.29, 0.717) is 13.0 Å². The van der Waals surface area contributed by atoms with Gasteiger partial charge in [0.15, 0.2) is 0 Å². The topological polar surface area (TPSA) is 59.8 Å². The molecule has 6 heteroatoms. The number of nitrogens with zero attached hydrogens (tertiary/aromatic N) is 3. The van der Waals surface area contributed by atoms with Gasteiger partial charge in [0.25, 0.3) is 0 Å². The Hall–Kier alpha value is -1.44. The molecule has 0 radical (unpaired) electrons. The minimum atomic E-state index is 0.0276. The maximum absolute atomic E-state index is 11.8. The standard InChI is InChI=1S/C13H15IN4O/c1-10-4-5-11(7-12(10)14)17-13(19)3-2-6-18-9-15-8-16-18/h4-5,7-9H,2-3,6H2,1H3,(H,17,19). The quantitative estimate of drug-likeness (QED) is 0.824. The molecule has 0 saturated heterocycles. The monoisotopic (exact) mass is 370 g/mol. The molecule has 2 aromatic rings. The highest BCUT2D eigenvalue weighted by Crippen LogP contribution is 2.17. The summed E-state index contributed by atoms with van der Waals surface area (Å²) < 4.78 is 2.88. The highest BCUT2D eigenvalue weighted by molar-refractivity contribution is 14.1. The van der Waals surface area contributed by atoms with Crippen LogP contribution in [0.2, 0.25) is 0 Å². The van der Waals surface area contributed by atoms with Crippen molar-refractivity contribution in [3.05, 3.63) is 40.0 Å². The lowest BCUT2D eigenvalue weighted by atomic mass is 10.2. The van der Waals surface area contributed by atoms with Gasteiger partial charge in [-0.1, -0.05) is 6.07 Å². The number of aryl methyl sites for hydroxylation is 2. The van der Waals surface area contributed by atoms with Crippen LogP contribution in [0.15, 0.2) is 30.9 Å². The number of halogens is 1. The summed E-state index contributed by atoms with van der Waals surface area (Å²) in [7, 11) is 0. The van der Waals surface area contributed by atoms with Crippen molar-refractivity contribution in [2.45, 2.75) is 26.3 Å². The number of carbonyl (C=O) groups is 1. The molecule has 1 N–H and O–H groups in total. The Morgan fingerprint density at radius 1 is 1.47 bits per heavy atom. The van der Waals surface area contributed by atoms with E-state index in [1.54, 1.807) is 11.0 Å². The highest BCUT2D eigenvalue weighted by Gasteiger charge is 2.04. The second-order valence-electron chi connectivity index (χ2n) is 4.27. The minimum absolute atomic E-state index is 0.0276. The van der Waals surface area contributed by atoms with Crippen molar-refractivity contribution in [2.75, 3.05) is 5.32 Å². The van der Waals surface area contributed by atoms with Crippen molar-refractivity contribution >= 4 is 34.2 Å². The van der Waals surface area contributed by atoms with Crippen LogP contribution in [0, 0.1) is 10.5 Å². The zero-order chi connectivity index (χ0) is 13.7. The van der Waals surface area contributed by atoms with Crippen molar-refractivity contribution < 1.29 is 4.79 Å². The lowest BCUT2D eigenvalue weighted by Crippen LogP contribution is -2.12. The summed E-state index contributed by atoms with van der Waals surface area (Å²) >= 11 is 2.26. The Labute approximate surface area is 125 Å². The summed E-state index contributed by atoms with van der Waals surface area (Å²) in [6, 6.07) is 5.91. The van der Waals surface area contributed by atoms with E-state index in [-0.39, 0.29) is 5.91 Å². The molecule has 0 unspecified atom stereocenters. The number of hydrogen-bond acceptors (Lipinski definition) is 3. The number of carbonyl (C=O) groups excluding carboxylic acids is 1. The molecule has 19 heavy (non-hydrogen) atoms. The summed E-state index contributed by atoms with van der Waals surface area (Å²) in [6.45, 7) is 2.75. The van der Waals surface area contributed by atoms with Crippen LogP contribution in [0.3, 0.4) is 0 Å². The van der Waals surface area contributed by atoms with Gasteiger partial charge in [-0.15, -0.1) is 0 Å². The van der Waals surface area contributed by atoms with Gasteiger partial charge in [0.2, 0.25) is 5.91 Å². The van der Waals surface area contributed by atoms with Crippen molar-refractivity contribution in [1.29, 1.82) is 0 Å². The van der Waals surface area contributed by atoms with Crippen molar-refractivity contribution in [2.24, 2.45) is 0 Å². The predicted molar refractivity (Wildman–Crippen MR) is 81.8 cm³/mol. The molecule has 5 nitrogen and oxygen atoms in total. The second-order valence-corrected chi connectivity index (χ2v) is 5.44. The summed E-state index contributed by atoms with van der Waals surface area (Å²) in [4.78, 5) is 15.6. The van der Waals surface area contributed by atoms with Crippen molar-refractivity contribution in [3.63, 3.8) is 0 Å². The zero-order valence-corrected chi connectivity index (χ0v) is 12.8. The van der Waals surface area contributed by atoms with E-state index in [4.69, 9.17) is 0 Å². The van der Waals surface area contributed by atoms with E-state index in [1.165, 1.54) is 11.9 Å². The summed E-state index contributed by atoms with van der Waals surface area (Å²) in [5, 5.41) is 6.89. The number of aromatic nitrogens is 3. The zero-order valence-electron chi connectivity index (χ0n) is 10.6. The van der Waals surface area contributed by atoms with Crippen LogP contribution in [0.25, 0.3) is 0 Å². The van der Waals surface area contributed by atoms with E-state index in [1.807, 2.05) is 25.1 Å². The molecular formula is C13H15IN4O. The van der Waals surface area contributed by atoms with Crippen molar-refractivity contribution in [1.82, 2.24) is 14.8 Å². The van der Waals surface area contributed by atoms with Crippen LogP contribution < -0.4 is 5.32 Å². The molecule has 0 spiro atoms. The Kier molecular flexibility index (Phi) is 4.89. The lowest BCUT2D eigenvalue weighted by molar-refractivity contribution is -0.116. The average Bonchev–Trinajstić information content (AvgIpc) is 2.87. The van der Waals surface area contributed by atoms with Gasteiger partial charge in [-0.05, 0) is 53.6 Å². The van der Waals surface area contributed by atoms with Gasteiger partial charge in [0.1, 0.15) is 12.7 Å². The van der Waals surface area contributed by atoms with Gasteiger partial charge in [0.05, 0.1) is 0 Å². The lowest BCUT2D eigenvalue weighted by Gasteiger charge is -2.07. The Balaban J connectivity index is 1.79. The van der Waals surface area contributed by atoms with Crippen molar-refractivity contribution in [3.8, 4) is 0 Å². The van der Waals surface area contributed by atoms with Gasteiger partial charge < -0.3 is 5.32 Å². The first-order valence-corrected chi connectivity index (χ1v) is 7.11. The van der Waals surface area contributed by atoms with Crippen LogP contribution in [0.1, 0.15) is 18.4 Å². The number of benzene rings is 1. The van der Waals surface area contributed by atoms with Gasteiger partial charge in [0, 0.05) is 22.2 Å². The molecule has 1 aromatic carbocycles. The van der Waals surface area contributed by atoms with E-state index >= 15 is 0 Å². The first-order valence-electron chi connectivity index (χ1n) is 6.03. The minimum Gasteiger partial charge on any atom is -0.326 e. The Morgan fingerprint density at radius 3 is 3.00 bits per heavy atom. The second kappa shape index (κ2) is 6.65. The van der Waals surface area contributed by atoms with Crippen LogP contribution in [-0.2, 0) is 11.3 Å². The largest absolute Gasteiger partial charge is 0.326 e. The average molecular weight is 370 g/mol. The maximum atomic E-state index is 11.8. The molecule has 1 aromatic heterocycles. The Morgan fingerprint density at radius 2 is 2.32 bits per heavy atom. The SMILES string of the molecule is Cc1ccc(NC(=O)CCCn2cncn2)cc1I. The number of rotatable bonds is 5.